The van der Waals surface area contributed by atoms with E-state index in [4.69, 9.17) is 11.6 Å². The van der Waals surface area contributed by atoms with Gasteiger partial charge >= 0.3 is 0 Å². The number of pyridine rings is 1. The molecule has 0 saturated heterocycles. The number of hydrogen-bond donors (Lipinski definition) is 2. The molecule has 0 fully saturated rings. The summed E-state index contributed by atoms with van der Waals surface area (Å²) in [5.74, 6) is 0.706. The van der Waals surface area contributed by atoms with Gasteiger partial charge in [0.15, 0.2) is 5.82 Å². The summed E-state index contributed by atoms with van der Waals surface area (Å²) in [5.41, 5.74) is 2.24. The molecule has 0 aliphatic carbocycles. The summed E-state index contributed by atoms with van der Waals surface area (Å²) in [6.45, 7) is 0. The molecule has 1 unspecified atom stereocenters. The molecule has 4 nitrogen and oxygen atoms in total. The number of aliphatic hydroxyl groups excluding tert-OH is 1. The third-order valence-corrected chi connectivity index (χ3v) is 3.28. The number of aliphatic hydroxyl groups is 1. The lowest BCUT2D eigenvalue weighted by atomic mass is 10.0. The van der Waals surface area contributed by atoms with Crippen LogP contribution in [-0.2, 0) is 0 Å². The summed E-state index contributed by atoms with van der Waals surface area (Å²) >= 11 is 5.84. The monoisotopic (exact) mass is 285 g/mol. The maximum Gasteiger partial charge on any atom is 0.155 e. The molecule has 0 aliphatic heterocycles. The quantitative estimate of drug-likeness (QED) is 0.777. The van der Waals surface area contributed by atoms with Crippen molar-refractivity contribution in [1.82, 2.24) is 15.0 Å². The second-order valence-electron chi connectivity index (χ2n) is 4.37. The van der Waals surface area contributed by atoms with Crippen LogP contribution in [0.25, 0.3) is 11.5 Å². The molecule has 5 heteroatoms. The van der Waals surface area contributed by atoms with Crippen molar-refractivity contribution in [3.05, 3.63) is 71.1 Å². The molecule has 20 heavy (non-hydrogen) atoms. The van der Waals surface area contributed by atoms with E-state index in [2.05, 4.69) is 15.0 Å². The zero-order valence-electron chi connectivity index (χ0n) is 10.5. The molecule has 100 valence electrons. The summed E-state index contributed by atoms with van der Waals surface area (Å²) in [5, 5.41) is 10.9. The summed E-state index contributed by atoms with van der Waals surface area (Å²) in [4.78, 5) is 11.4. The lowest BCUT2D eigenvalue weighted by Crippen LogP contribution is -2.00. The molecule has 0 aliphatic rings. The highest BCUT2D eigenvalue weighted by Crippen LogP contribution is 2.24. The van der Waals surface area contributed by atoms with Gasteiger partial charge in [0.2, 0.25) is 0 Å². The number of H-pyrrole nitrogens is 1. The standard InChI is InChI=1S/C15H12ClN3O/c16-12-4-1-10(2-5-12)14(20)11-3-6-13(19-9-11)15-17-7-8-18-15/h1-9,14,20H,(H,17,18). The van der Waals surface area contributed by atoms with E-state index in [1.807, 2.05) is 12.1 Å². The molecule has 0 bridgehead atoms. The summed E-state index contributed by atoms with van der Waals surface area (Å²) in [6, 6.07) is 10.8. The van der Waals surface area contributed by atoms with Crippen LogP contribution in [0.3, 0.4) is 0 Å². The summed E-state index contributed by atoms with van der Waals surface area (Å²) in [6.07, 6.45) is 4.35. The van der Waals surface area contributed by atoms with E-state index < -0.39 is 6.10 Å². The summed E-state index contributed by atoms with van der Waals surface area (Å²) < 4.78 is 0. The Morgan fingerprint density at radius 2 is 1.75 bits per heavy atom. The summed E-state index contributed by atoms with van der Waals surface area (Å²) in [7, 11) is 0. The number of hydrogen-bond acceptors (Lipinski definition) is 3. The van der Waals surface area contributed by atoms with Crippen LogP contribution in [0.15, 0.2) is 55.0 Å². The molecule has 1 atom stereocenters. The first-order chi connectivity index (χ1) is 9.74. The average Bonchev–Trinajstić information content (AvgIpc) is 3.02. The molecular weight excluding hydrogens is 274 g/mol. The van der Waals surface area contributed by atoms with Crippen molar-refractivity contribution in [2.75, 3.05) is 0 Å². The number of halogens is 1. The number of aromatic amines is 1. The van der Waals surface area contributed by atoms with Gasteiger partial charge in [-0.15, -0.1) is 0 Å². The fourth-order valence-corrected chi connectivity index (χ4v) is 2.08. The van der Waals surface area contributed by atoms with Gasteiger partial charge in [0.25, 0.3) is 0 Å². The predicted molar refractivity (Wildman–Crippen MR) is 77.3 cm³/mol. The van der Waals surface area contributed by atoms with Crippen molar-refractivity contribution in [3.63, 3.8) is 0 Å². The Hall–Kier alpha value is -2.17. The smallest absolute Gasteiger partial charge is 0.155 e. The minimum absolute atomic E-state index is 0.646. The average molecular weight is 286 g/mol. The van der Waals surface area contributed by atoms with E-state index in [1.54, 1.807) is 42.9 Å². The number of benzene rings is 1. The number of imidazole rings is 1. The highest BCUT2D eigenvalue weighted by Gasteiger charge is 2.11. The van der Waals surface area contributed by atoms with Crippen LogP contribution in [-0.4, -0.2) is 20.1 Å². The third kappa shape index (κ3) is 2.57. The minimum Gasteiger partial charge on any atom is -0.384 e. The fraction of sp³-hybridized carbons (Fsp3) is 0.0667. The first-order valence-electron chi connectivity index (χ1n) is 6.13. The number of rotatable bonds is 3. The number of nitrogens with one attached hydrogen (secondary N) is 1. The van der Waals surface area contributed by atoms with Crippen LogP contribution in [0.4, 0.5) is 0 Å². The van der Waals surface area contributed by atoms with Crippen LogP contribution in [0.2, 0.25) is 5.02 Å². The Morgan fingerprint density at radius 1 is 1.00 bits per heavy atom. The SMILES string of the molecule is OC(c1ccc(Cl)cc1)c1ccc(-c2ncc[nH]2)nc1. The largest absolute Gasteiger partial charge is 0.384 e. The molecule has 0 spiro atoms. The van der Waals surface area contributed by atoms with Crippen LogP contribution >= 0.6 is 11.6 Å². The van der Waals surface area contributed by atoms with Gasteiger partial charge in [-0.25, -0.2) is 4.98 Å². The molecule has 2 aromatic heterocycles. The van der Waals surface area contributed by atoms with Crippen LogP contribution in [0.1, 0.15) is 17.2 Å². The lowest BCUT2D eigenvalue weighted by molar-refractivity contribution is 0.220. The van der Waals surface area contributed by atoms with E-state index in [9.17, 15) is 5.11 Å². The Bertz CT molecular complexity index is 678. The molecule has 0 saturated carbocycles. The Balaban J connectivity index is 1.85. The normalized spacial score (nSPS) is 12.3. The Morgan fingerprint density at radius 3 is 2.35 bits per heavy atom. The van der Waals surface area contributed by atoms with Crippen molar-refractivity contribution >= 4 is 11.6 Å². The van der Waals surface area contributed by atoms with Gasteiger partial charge in [0, 0.05) is 29.2 Å². The van der Waals surface area contributed by atoms with Crippen LogP contribution < -0.4 is 0 Å². The molecule has 0 radical (unpaired) electrons. The zero-order valence-corrected chi connectivity index (χ0v) is 11.2. The van der Waals surface area contributed by atoms with Gasteiger partial charge in [-0.3, -0.25) is 4.98 Å². The van der Waals surface area contributed by atoms with E-state index in [0.717, 1.165) is 16.8 Å². The molecule has 3 rings (SSSR count). The molecule has 2 heterocycles. The van der Waals surface area contributed by atoms with Crippen molar-refractivity contribution < 1.29 is 5.11 Å². The maximum atomic E-state index is 10.3. The van der Waals surface area contributed by atoms with Gasteiger partial charge in [0.1, 0.15) is 11.8 Å². The molecule has 1 aromatic carbocycles. The van der Waals surface area contributed by atoms with Crippen LogP contribution in [0, 0.1) is 0 Å². The van der Waals surface area contributed by atoms with E-state index in [1.165, 1.54) is 0 Å². The lowest BCUT2D eigenvalue weighted by Gasteiger charge is -2.11. The van der Waals surface area contributed by atoms with Crippen LogP contribution in [0.5, 0.6) is 0 Å². The Labute approximate surface area is 121 Å². The van der Waals surface area contributed by atoms with Crippen molar-refractivity contribution in [3.8, 4) is 11.5 Å². The first-order valence-corrected chi connectivity index (χ1v) is 6.51. The highest BCUT2D eigenvalue weighted by atomic mass is 35.5. The van der Waals surface area contributed by atoms with Gasteiger partial charge in [0.05, 0.1) is 0 Å². The van der Waals surface area contributed by atoms with Gasteiger partial charge < -0.3 is 10.1 Å². The second-order valence-corrected chi connectivity index (χ2v) is 4.81. The van der Waals surface area contributed by atoms with Crippen molar-refractivity contribution in [2.45, 2.75) is 6.10 Å². The van der Waals surface area contributed by atoms with Crippen molar-refractivity contribution in [1.29, 1.82) is 0 Å². The molecule has 3 aromatic rings. The van der Waals surface area contributed by atoms with Gasteiger partial charge in [-0.1, -0.05) is 29.8 Å². The molecule has 0 amide bonds. The fourth-order valence-electron chi connectivity index (χ4n) is 1.95. The van der Waals surface area contributed by atoms with E-state index >= 15 is 0 Å². The topological polar surface area (TPSA) is 61.8 Å². The zero-order chi connectivity index (χ0) is 13.9. The first kappa shape index (κ1) is 12.8. The maximum absolute atomic E-state index is 10.3. The van der Waals surface area contributed by atoms with Gasteiger partial charge in [-0.05, 0) is 23.8 Å². The number of nitrogens with zero attached hydrogens (tertiary/aromatic N) is 2. The molecule has 2 N–H and O–H groups in total. The van der Waals surface area contributed by atoms with Gasteiger partial charge in [-0.2, -0.15) is 0 Å². The number of aromatic nitrogens is 3. The van der Waals surface area contributed by atoms with E-state index in [0.29, 0.717) is 10.8 Å². The minimum atomic E-state index is -0.717. The predicted octanol–water partition coefficient (Wildman–Crippen LogP) is 3.21. The Kier molecular flexibility index (Phi) is 3.50. The molecular formula is C15H12ClN3O. The third-order valence-electron chi connectivity index (χ3n) is 3.03. The van der Waals surface area contributed by atoms with Crippen molar-refractivity contribution in [2.24, 2.45) is 0 Å². The second kappa shape index (κ2) is 5.45. The highest BCUT2D eigenvalue weighted by molar-refractivity contribution is 6.30. The van der Waals surface area contributed by atoms with E-state index in [-0.39, 0.29) is 0 Å².